The van der Waals surface area contributed by atoms with Crippen LogP contribution in [0.5, 0.6) is 0 Å². The molecule has 4 N–H and O–H groups in total. The van der Waals surface area contributed by atoms with Gasteiger partial charge in [-0.15, -0.1) is 11.3 Å². The molecule has 0 spiro atoms. The van der Waals surface area contributed by atoms with Crippen LogP contribution in [0.3, 0.4) is 0 Å². The third kappa shape index (κ3) is 3.63. The van der Waals surface area contributed by atoms with Gasteiger partial charge in [-0.3, -0.25) is 4.90 Å². The zero-order valence-electron chi connectivity index (χ0n) is 9.37. The van der Waals surface area contributed by atoms with Gasteiger partial charge >= 0.3 is 0 Å². The highest BCUT2D eigenvalue weighted by Gasteiger charge is 2.28. The normalized spacial score (nSPS) is 22.1. The van der Waals surface area contributed by atoms with Gasteiger partial charge in [0.05, 0.1) is 5.75 Å². The number of rotatable bonds is 4. The van der Waals surface area contributed by atoms with Gasteiger partial charge in [-0.25, -0.2) is 18.5 Å². The Balaban J connectivity index is 2.00. The molecule has 0 aromatic carbocycles. The summed E-state index contributed by atoms with van der Waals surface area (Å²) in [5.74, 6) is 0.0291. The van der Waals surface area contributed by atoms with Crippen LogP contribution < -0.4 is 10.9 Å². The summed E-state index contributed by atoms with van der Waals surface area (Å²) in [6.45, 7) is 1.60. The van der Waals surface area contributed by atoms with E-state index in [1.165, 1.54) is 11.3 Å². The van der Waals surface area contributed by atoms with Crippen LogP contribution in [0, 0.1) is 0 Å². The van der Waals surface area contributed by atoms with E-state index >= 15 is 0 Å². The molecule has 1 aliphatic heterocycles. The Labute approximate surface area is 105 Å². The second-order valence-electron chi connectivity index (χ2n) is 4.26. The lowest BCUT2D eigenvalue weighted by atomic mass is 10.2. The molecule has 6 nitrogen and oxygen atoms in total. The molecule has 1 unspecified atom stereocenters. The van der Waals surface area contributed by atoms with Crippen molar-refractivity contribution in [2.45, 2.75) is 25.4 Å². The van der Waals surface area contributed by atoms with Gasteiger partial charge in [0.1, 0.15) is 0 Å². The van der Waals surface area contributed by atoms with Crippen LogP contribution >= 0.6 is 11.3 Å². The number of nitrogens with two attached hydrogens (primary N) is 2. The summed E-state index contributed by atoms with van der Waals surface area (Å²) in [5.41, 5.74) is 5.56. The van der Waals surface area contributed by atoms with Crippen molar-refractivity contribution < 1.29 is 8.42 Å². The zero-order chi connectivity index (χ0) is 12.5. The van der Waals surface area contributed by atoms with E-state index in [0.717, 1.165) is 24.3 Å². The molecule has 8 heteroatoms. The van der Waals surface area contributed by atoms with E-state index in [-0.39, 0.29) is 11.8 Å². The molecule has 1 atom stereocenters. The quantitative estimate of drug-likeness (QED) is 0.804. The van der Waals surface area contributed by atoms with E-state index in [9.17, 15) is 8.42 Å². The molecule has 2 heterocycles. The fraction of sp³-hybridized carbons (Fsp3) is 0.667. The summed E-state index contributed by atoms with van der Waals surface area (Å²) >= 11 is 1.44. The standard InChI is InChI=1S/C9H16N4O2S2/c10-9-12-4-8(16-9)5-13-3-1-2-7(13)6-17(11,14)15/h4,7H,1-3,5-6H2,(H2,10,12)(H2,11,14,15). The summed E-state index contributed by atoms with van der Waals surface area (Å²) in [4.78, 5) is 7.18. The third-order valence-corrected chi connectivity index (χ3v) is 4.51. The first-order chi connectivity index (χ1) is 7.94. The number of nitrogens with zero attached hydrogens (tertiary/aromatic N) is 2. The Kier molecular flexibility index (Phi) is 3.67. The Hall–Kier alpha value is -0.700. The zero-order valence-corrected chi connectivity index (χ0v) is 11.0. The van der Waals surface area contributed by atoms with Gasteiger partial charge in [-0.05, 0) is 19.4 Å². The maximum atomic E-state index is 11.1. The predicted molar refractivity (Wildman–Crippen MR) is 67.9 cm³/mol. The molecular formula is C9H16N4O2S2. The summed E-state index contributed by atoms with van der Waals surface area (Å²) in [6.07, 6.45) is 3.63. The van der Waals surface area contributed by atoms with Crippen molar-refractivity contribution in [2.75, 3.05) is 18.0 Å². The van der Waals surface area contributed by atoms with E-state index in [0.29, 0.717) is 11.7 Å². The summed E-state index contributed by atoms with van der Waals surface area (Å²) in [7, 11) is -3.41. The molecule has 96 valence electrons. The van der Waals surface area contributed by atoms with Crippen molar-refractivity contribution in [1.82, 2.24) is 9.88 Å². The number of primary sulfonamides is 1. The van der Waals surface area contributed by atoms with Crippen molar-refractivity contribution in [3.8, 4) is 0 Å². The highest BCUT2D eigenvalue weighted by Crippen LogP contribution is 2.23. The van der Waals surface area contributed by atoms with Gasteiger partial charge in [0.25, 0.3) is 0 Å². The molecular weight excluding hydrogens is 260 g/mol. The number of hydrogen-bond donors (Lipinski definition) is 2. The first-order valence-electron chi connectivity index (χ1n) is 5.39. The molecule has 1 aromatic rings. The molecule has 2 rings (SSSR count). The summed E-state index contributed by atoms with van der Waals surface area (Å²) in [5, 5.41) is 5.63. The number of thiazole rings is 1. The molecule has 0 saturated carbocycles. The number of likely N-dealkylation sites (tertiary alicyclic amines) is 1. The number of aromatic nitrogens is 1. The minimum absolute atomic E-state index is 0.0216. The predicted octanol–water partition coefficient (Wildman–Crippen LogP) is -0.0218. The Morgan fingerprint density at radius 2 is 2.35 bits per heavy atom. The van der Waals surface area contributed by atoms with Gasteiger partial charge < -0.3 is 5.73 Å². The average Bonchev–Trinajstić information content (AvgIpc) is 2.75. The van der Waals surface area contributed by atoms with Crippen LogP contribution in [0.25, 0.3) is 0 Å². The third-order valence-electron chi connectivity index (χ3n) is 2.85. The topological polar surface area (TPSA) is 102 Å². The Morgan fingerprint density at radius 1 is 1.59 bits per heavy atom. The first-order valence-corrected chi connectivity index (χ1v) is 7.92. The van der Waals surface area contributed by atoms with Crippen LogP contribution in [0.2, 0.25) is 0 Å². The lowest BCUT2D eigenvalue weighted by Crippen LogP contribution is -2.36. The fourth-order valence-corrected chi connectivity index (χ4v) is 3.78. The number of anilines is 1. The van der Waals surface area contributed by atoms with Gasteiger partial charge in [0.15, 0.2) is 5.13 Å². The Bertz CT molecular complexity index is 485. The maximum absolute atomic E-state index is 11.1. The molecule has 0 bridgehead atoms. The number of nitrogen functional groups attached to an aromatic ring is 1. The van der Waals surface area contributed by atoms with E-state index in [1.807, 2.05) is 0 Å². The Morgan fingerprint density at radius 3 is 2.94 bits per heavy atom. The maximum Gasteiger partial charge on any atom is 0.210 e. The molecule has 1 aliphatic rings. The summed E-state index contributed by atoms with van der Waals surface area (Å²) < 4.78 is 22.2. The largest absolute Gasteiger partial charge is 0.375 e. The van der Waals surface area contributed by atoms with Crippen molar-refractivity contribution in [2.24, 2.45) is 5.14 Å². The highest BCUT2D eigenvalue weighted by molar-refractivity contribution is 7.89. The minimum atomic E-state index is -3.41. The summed E-state index contributed by atoms with van der Waals surface area (Å²) in [6, 6.07) is 0.0216. The number of sulfonamides is 1. The second-order valence-corrected chi connectivity index (χ2v) is 7.07. The van der Waals surface area contributed by atoms with Crippen LogP contribution in [-0.4, -0.2) is 36.6 Å². The molecule has 0 amide bonds. The average molecular weight is 276 g/mol. The lowest BCUT2D eigenvalue weighted by molar-refractivity contribution is 0.264. The van der Waals surface area contributed by atoms with Gasteiger partial charge in [-0.1, -0.05) is 0 Å². The van der Waals surface area contributed by atoms with Crippen LogP contribution in [-0.2, 0) is 16.6 Å². The van der Waals surface area contributed by atoms with Gasteiger partial charge in [0.2, 0.25) is 10.0 Å². The highest BCUT2D eigenvalue weighted by atomic mass is 32.2. The van der Waals surface area contributed by atoms with Gasteiger partial charge in [0, 0.05) is 23.7 Å². The van der Waals surface area contributed by atoms with Crippen molar-refractivity contribution in [1.29, 1.82) is 0 Å². The van der Waals surface area contributed by atoms with E-state index < -0.39 is 10.0 Å². The van der Waals surface area contributed by atoms with Gasteiger partial charge in [-0.2, -0.15) is 0 Å². The van der Waals surface area contributed by atoms with Crippen LogP contribution in [0.1, 0.15) is 17.7 Å². The molecule has 17 heavy (non-hydrogen) atoms. The van der Waals surface area contributed by atoms with Crippen LogP contribution in [0.4, 0.5) is 5.13 Å². The molecule has 0 radical (unpaired) electrons. The van der Waals surface area contributed by atoms with E-state index in [1.54, 1.807) is 6.20 Å². The SMILES string of the molecule is Nc1ncc(CN2CCCC2CS(N)(=O)=O)s1. The molecule has 1 saturated heterocycles. The molecule has 1 aromatic heterocycles. The first kappa shape index (κ1) is 12.7. The monoisotopic (exact) mass is 276 g/mol. The molecule has 1 fully saturated rings. The van der Waals surface area contributed by atoms with Crippen molar-refractivity contribution in [3.63, 3.8) is 0 Å². The fourth-order valence-electron chi connectivity index (χ4n) is 2.16. The number of hydrogen-bond acceptors (Lipinski definition) is 6. The minimum Gasteiger partial charge on any atom is -0.375 e. The van der Waals surface area contributed by atoms with Crippen LogP contribution in [0.15, 0.2) is 6.20 Å². The van der Waals surface area contributed by atoms with E-state index in [2.05, 4.69) is 9.88 Å². The second kappa shape index (κ2) is 4.89. The smallest absolute Gasteiger partial charge is 0.210 e. The van der Waals surface area contributed by atoms with E-state index in [4.69, 9.17) is 10.9 Å². The lowest BCUT2D eigenvalue weighted by Gasteiger charge is -2.22. The van der Waals surface area contributed by atoms with Crippen molar-refractivity contribution >= 4 is 26.5 Å². The van der Waals surface area contributed by atoms with Crippen molar-refractivity contribution in [3.05, 3.63) is 11.1 Å². The molecule has 0 aliphatic carbocycles.